The van der Waals surface area contributed by atoms with Gasteiger partial charge in [0.25, 0.3) is 0 Å². The molecule has 148 valence electrons. The van der Waals surface area contributed by atoms with Crippen LogP contribution in [-0.2, 0) is 0 Å². The zero-order chi connectivity index (χ0) is 21.8. The number of nitriles is 2. The average molecular weight is 399 g/mol. The molecule has 0 amide bonds. The monoisotopic (exact) mass is 399 g/mol. The molecule has 0 saturated carbocycles. The molecule has 3 aromatic carbocycles. The van der Waals surface area contributed by atoms with Crippen LogP contribution in [0.15, 0.2) is 48.5 Å². The molecule has 8 heteroatoms. The number of anilines is 3. The lowest BCUT2D eigenvalue weighted by Crippen LogP contribution is -2.02. The SMILES string of the molecule is Cc1cc(C#N)cc(C)c1Oc1cc(Nc2ccc(C#N)cc2)c(N)cc1[N+](=O)[O-]. The van der Waals surface area contributed by atoms with Crippen molar-refractivity contribution in [2.45, 2.75) is 13.8 Å². The molecule has 0 aromatic heterocycles. The number of hydrogen-bond donors (Lipinski definition) is 2. The molecule has 0 heterocycles. The van der Waals surface area contributed by atoms with Crippen molar-refractivity contribution >= 4 is 22.7 Å². The Balaban J connectivity index is 2.03. The molecule has 0 spiro atoms. The van der Waals surface area contributed by atoms with Gasteiger partial charge in [-0.3, -0.25) is 10.1 Å². The molecule has 3 N–H and O–H groups in total. The van der Waals surface area contributed by atoms with Crippen molar-refractivity contribution < 1.29 is 9.66 Å². The normalized spacial score (nSPS) is 10.0. The second-order valence-electron chi connectivity index (χ2n) is 6.63. The van der Waals surface area contributed by atoms with Gasteiger partial charge in [0.2, 0.25) is 5.75 Å². The van der Waals surface area contributed by atoms with Gasteiger partial charge in [-0.1, -0.05) is 0 Å². The van der Waals surface area contributed by atoms with Crippen molar-refractivity contribution in [3.8, 4) is 23.6 Å². The van der Waals surface area contributed by atoms with Gasteiger partial charge in [0.15, 0.2) is 0 Å². The van der Waals surface area contributed by atoms with Crippen LogP contribution in [0.25, 0.3) is 0 Å². The number of nitrogens with zero attached hydrogens (tertiary/aromatic N) is 3. The van der Waals surface area contributed by atoms with Gasteiger partial charge in [0.05, 0.1) is 39.6 Å². The van der Waals surface area contributed by atoms with Gasteiger partial charge >= 0.3 is 5.69 Å². The van der Waals surface area contributed by atoms with E-state index in [1.807, 2.05) is 6.07 Å². The van der Waals surface area contributed by atoms with Crippen molar-refractivity contribution in [3.63, 3.8) is 0 Å². The van der Waals surface area contributed by atoms with Gasteiger partial charge in [0.1, 0.15) is 5.75 Å². The summed E-state index contributed by atoms with van der Waals surface area (Å²) in [6.07, 6.45) is 0. The first-order valence-corrected chi connectivity index (χ1v) is 8.86. The second-order valence-corrected chi connectivity index (χ2v) is 6.63. The van der Waals surface area contributed by atoms with Gasteiger partial charge in [0, 0.05) is 17.8 Å². The average Bonchev–Trinajstić information content (AvgIpc) is 2.72. The highest BCUT2D eigenvalue weighted by Crippen LogP contribution is 2.40. The summed E-state index contributed by atoms with van der Waals surface area (Å²) in [4.78, 5) is 11.0. The van der Waals surface area contributed by atoms with Gasteiger partial charge < -0.3 is 15.8 Å². The minimum absolute atomic E-state index is 0.0150. The number of nitrogens with two attached hydrogens (primary N) is 1. The van der Waals surface area contributed by atoms with E-state index in [1.165, 1.54) is 12.1 Å². The standard InChI is InChI=1S/C22H17N5O3/c1-13-7-16(12-24)8-14(2)22(13)30-21-10-19(18(25)9-20(21)27(28)29)26-17-5-3-15(11-23)4-6-17/h3-10,26H,25H2,1-2H3. The van der Waals surface area contributed by atoms with Crippen LogP contribution in [0.3, 0.4) is 0 Å². The van der Waals surface area contributed by atoms with Crippen LogP contribution >= 0.6 is 0 Å². The predicted octanol–water partition coefficient (Wildman–Crippen LogP) is 5.07. The fraction of sp³-hybridized carbons (Fsp3) is 0.0909. The Bertz CT molecular complexity index is 1200. The third-order valence-corrected chi connectivity index (χ3v) is 4.42. The number of nitrogen functional groups attached to an aromatic ring is 1. The number of hydrogen-bond acceptors (Lipinski definition) is 7. The molecular weight excluding hydrogens is 382 g/mol. The maximum atomic E-state index is 11.6. The number of aryl methyl sites for hydroxylation is 2. The van der Waals surface area contributed by atoms with E-state index in [0.29, 0.717) is 39.4 Å². The quantitative estimate of drug-likeness (QED) is 0.347. The molecule has 0 atom stereocenters. The molecule has 0 unspecified atom stereocenters. The van der Waals surface area contributed by atoms with E-state index >= 15 is 0 Å². The van der Waals surface area contributed by atoms with Crippen molar-refractivity contribution in [1.29, 1.82) is 10.5 Å². The van der Waals surface area contributed by atoms with Crippen LogP contribution in [-0.4, -0.2) is 4.92 Å². The topological polar surface area (TPSA) is 138 Å². The van der Waals surface area contributed by atoms with Crippen LogP contribution in [0.4, 0.5) is 22.7 Å². The molecule has 0 fully saturated rings. The van der Waals surface area contributed by atoms with E-state index in [0.717, 1.165) is 0 Å². The molecule has 0 saturated heterocycles. The van der Waals surface area contributed by atoms with Gasteiger partial charge in [-0.2, -0.15) is 10.5 Å². The highest BCUT2D eigenvalue weighted by molar-refractivity contribution is 5.78. The lowest BCUT2D eigenvalue weighted by molar-refractivity contribution is -0.385. The predicted molar refractivity (Wildman–Crippen MR) is 113 cm³/mol. The van der Waals surface area contributed by atoms with Crippen molar-refractivity contribution in [2.75, 3.05) is 11.1 Å². The molecule has 0 aliphatic carbocycles. The summed E-state index contributed by atoms with van der Waals surface area (Å²) in [5.41, 5.74) is 9.33. The minimum Gasteiger partial charge on any atom is -0.449 e. The lowest BCUT2D eigenvalue weighted by Gasteiger charge is -2.15. The Labute approximate surface area is 172 Å². The van der Waals surface area contributed by atoms with Gasteiger partial charge in [-0.05, 0) is 61.4 Å². The van der Waals surface area contributed by atoms with Crippen LogP contribution in [0.5, 0.6) is 11.5 Å². The highest BCUT2D eigenvalue weighted by Gasteiger charge is 2.21. The van der Waals surface area contributed by atoms with Gasteiger partial charge in [-0.15, -0.1) is 0 Å². The number of nitro groups is 1. The summed E-state index contributed by atoms with van der Waals surface area (Å²) in [6.45, 7) is 3.53. The number of rotatable bonds is 5. The summed E-state index contributed by atoms with van der Waals surface area (Å²) in [7, 11) is 0. The largest absolute Gasteiger partial charge is 0.449 e. The molecule has 0 aliphatic rings. The molecule has 3 rings (SSSR count). The highest BCUT2D eigenvalue weighted by atomic mass is 16.6. The third-order valence-electron chi connectivity index (χ3n) is 4.42. The maximum Gasteiger partial charge on any atom is 0.313 e. The third kappa shape index (κ3) is 4.13. The molecular formula is C22H17N5O3. The van der Waals surface area contributed by atoms with E-state index < -0.39 is 4.92 Å². The Hall–Kier alpha value is -4.56. The van der Waals surface area contributed by atoms with E-state index in [2.05, 4.69) is 11.4 Å². The molecule has 3 aromatic rings. The van der Waals surface area contributed by atoms with Gasteiger partial charge in [-0.25, -0.2) is 0 Å². The Morgan fingerprint density at radius 1 is 1.00 bits per heavy atom. The Morgan fingerprint density at radius 3 is 2.13 bits per heavy atom. The molecule has 30 heavy (non-hydrogen) atoms. The number of ether oxygens (including phenoxy) is 1. The summed E-state index contributed by atoms with van der Waals surface area (Å²) in [6, 6.07) is 16.8. The maximum absolute atomic E-state index is 11.6. The number of nitro benzene ring substituents is 1. The van der Waals surface area contributed by atoms with E-state index in [1.54, 1.807) is 50.2 Å². The zero-order valence-electron chi connectivity index (χ0n) is 16.3. The van der Waals surface area contributed by atoms with Crippen LogP contribution in [0, 0.1) is 46.6 Å². The Kier molecular flexibility index (Phi) is 5.52. The van der Waals surface area contributed by atoms with Crippen LogP contribution in [0.2, 0.25) is 0 Å². The fourth-order valence-electron chi connectivity index (χ4n) is 2.99. The van der Waals surface area contributed by atoms with Crippen LogP contribution in [0.1, 0.15) is 22.3 Å². The van der Waals surface area contributed by atoms with Crippen LogP contribution < -0.4 is 15.8 Å². The second kappa shape index (κ2) is 8.21. The summed E-state index contributed by atoms with van der Waals surface area (Å²) < 4.78 is 5.91. The smallest absolute Gasteiger partial charge is 0.313 e. The van der Waals surface area contributed by atoms with E-state index in [9.17, 15) is 10.1 Å². The Morgan fingerprint density at radius 2 is 1.60 bits per heavy atom. The summed E-state index contributed by atoms with van der Waals surface area (Å²) in [5.74, 6) is 0.451. The zero-order valence-corrected chi connectivity index (χ0v) is 16.3. The number of benzene rings is 3. The first-order chi connectivity index (χ1) is 14.3. The van der Waals surface area contributed by atoms with Crippen molar-refractivity contribution in [1.82, 2.24) is 0 Å². The molecule has 0 aliphatic heterocycles. The van der Waals surface area contributed by atoms with Crippen molar-refractivity contribution in [2.24, 2.45) is 0 Å². The summed E-state index contributed by atoms with van der Waals surface area (Å²) >= 11 is 0. The molecule has 8 nitrogen and oxygen atoms in total. The summed E-state index contributed by atoms with van der Waals surface area (Å²) in [5, 5.41) is 32.6. The fourth-order valence-corrected chi connectivity index (χ4v) is 2.99. The minimum atomic E-state index is -0.564. The molecule has 0 bridgehead atoms. The lowest BCUT2D eigenvalue weighted by atomic mass is 10.1. The first-order valence-electron chi connectivity index (χ1n) is 8.86. The van der Waals surface area contributed by atoms with Crippen molar-refractivity contribution in [3.05, 3.63) is 80.9 Å². The first kappa shape index (κ1) is 20.2. The van der Waals surface area contributed by atoms with E-state index in [4.69, 9.17) is 21.0 Å². The molecule has 0 radical (unpaired) electrons. The van der Waals surface area contributed by atoms with E-state index in [-0.39, 0.29) is 17.1 Å². The number of nitrogens with one attached hydrogen (secondary N) is 1.